The van der Waals surface area contributed by atoms with Gasteiger partial charge in [-0.3, -0.25) is 4.79 Å². The number of benzene rings is 2. The summed E-state index contributed by atoms with van der Waals surface area (Å²) in [7, 11) is -3.79. The molecule has 7 heteroatoms. The summed E-state index contributed by atoms with van der Waals surface area (Å²) < 4.78 is 28.3. The Morgan fingerprint density at radius 1 is 0.964 bits per heavy atom. The third kappa shape index (κ3) is 5.19. The molecule has 1 unspecified atom stereocenters. The standard InChI is InChI=1S/C21H27N3O3S/c1-2-23-13-15-24(16-14-23)21(25)20(17-18-9-5-3-6-10-18)22-28(26,27)19-11-7-4-8-12-19/h3-12,20,22H,2,13-17H2,1H3. The molecule has 0 radical (unpaired) electrons. The Labute approximate surface area is 167 Å². The van der Waals surface area contributed by atoms with Crippen LogP contribution in [0.4, 0.5) is 0 Å². The van der Waals surface area contributed by atoms with E-state index in [1.54, 1.807) is 23.1 Å². The summed E-state index contributed by atoms with van der Waals surface area (Å²) in [4.78, 5) is 17.4. The number of likely N-dealkylation sites (N-methyl/N-ethyl adjacent to an activating group) is 1. The minimum atomic E-state index is -3.79. The van der Waals surface area contributed by atoms with Crippen LogP contribution in [-0.2, 0) is 21.2 Å². The third-order valence-electron chi connectivity index (χ3n) is 5.06. The normalized spacial score (nSPS) is 16.7. The summed E-state index contributed by atoms with van der Waals surface area (Å²) in [6, 6.07) is 16.8. The molecule has 1 aliphatic heterocycles. The van der Waals surface area contributed by atoms with Gasteiger partial charge in [0.25, 0.3) is 0 Å². The number of amides is 1. The molecule has 150 valence electrons. The van der Waals surface area contributed by atoms with Crippen LogP contribution in [0.2, 0.25) is 0 Å². The van der Waals surface area contributed by atoms with Crippen LogP contribution in [0.1, 0.15) is 12.5 Å². The van der Waals surface area contributed by atoms with E-state index < -0.39 is 16.1 Å². The molecule has 0 spiro atoms. The summed E-state index contributed by atoms with van der Waals surface area (Å²) in [5, 5.41) is 0. The molecule has 0 bridgehead atoms. The van der Waals surface area contributed by atoms with Crippen LogP contribution in [0.25, 0.3) is 0 Å². The molecular formula is C21H27N3O3S. The van der Waals surface area contributed by atoms with Gasteiger partial charge in [-0.2, -0.15) is 4.72 Å². The van der Waals surface area contributed by atoms with Gasteiger partial charge in [0.2, 0.25) is 15.9 Å². The Morgan fingerprint density at radius 2 is 1.54 bits per heavy atom. The van der Waals surface area contributed by atoms with E-state index in [-0.39, 0.29) is 10.8 Å². The SMILES string of the molecule is CCN1CCN(C(=O)C(Cc2ccccc2)NS(=O)(=O)c2ccccc2)CC1. The van der Waals surface area contributed by atoms with Crippen LogP contribution in [0.3, 0.4) is 0 Å². The van der Waals surface area contributed by atoms with Crippen molar-refractivity contribution in [2.75, 3.05) is 32.7 Å². The molecule has 1 N–H and O–H groups in total. The molecule has 3 rings (SSSR count). The van der Waals surface area contributed by atoms with Crippen molar-refractivity contribution < 1.29 is 13.2 Å². The summed E-state index contributed by atoms with van der Waals surface area (Å²) in [6.45, 7) is 5.91. The highest BCUT2D eigenvalue weighted by Gasteiger charge is 2.31. The van der Waals surface area contributed by atoms with E-state index in [4.69, 9.17) is 0 Å². The largest absolute Gasteiger partial charge is 0.339 e. The number of nitrogens with zero attached hydrogens (tertiary/aromatic N) is 2. The van der Waals surface area contributed by atoms with Crippen LogP contribution >= 0.6 is 0 Å². The summed E-state index contributed by atoms with van der Waals surface area (Å²) >= 11 is 0. The number of carbonyl (C=O) groups excluding carboxylic acids is 1. The van der Waals surface area contributed by atoms with Crippen LogP contribution in [0.5, 0.6) is 0 Å². The van der Waals surface area contributed by atoms with Crippen molar-refractivity contribution in [3.8, 4) is 0 Å². The highest BCUT2D eigenvalue weighted by atomic mass is 32.2. The average molecular weight is 402 g/mol. The van der Waals surface area contributed by atoms with Gasteiger partial charge in [-0.1, -0.05) is 55.5 Å². The maximum absolute atomic E-state index is 13.2. The van der Waals surface area contributed by atoms with Gasteiger partial charge < -0.3 is 9.80 Å². The smallest absolute Gasteiger partial charge is 0.241 e. The maximum Gasteiger partial charge on any atom is 0.241 e. The Hall–Kier alpha value is -2.22. The molecule has 0 saturated carbocycles. The minimum Gasteiger partial charge on any atom is -0.339 e. The van der Waals surface area contributed by atoms with Crippen molar-refractivity contribution in [1.82, 2.24) is 14.5 Å². The number of carbonyl (C=O) groups is 1. The highest BCUT2D eigenvalue weighted by Crippen LogP contribution is 2.13. The summed E-state index contributed by atoms with van der Waals surface area (Å²) in [6.07, 6.45) is 0.319. The monoisotopic (exact) mass is 401 g/mol. The molecule has 0 aliphatic carbocycles. The van der Waals surface area contributed by atoms with Crippen molar-refractivity contribution in [2.45, 2.75) is 24.3 Å². The first-order chi connectivity index (χ1) is 13.5. The van der Waals surface area contributed by atoms with E-state index in [0.717, 1.165) is 25.2 Å². The molecule has 1 fully saturated rings. The second-order valence-corrected chi connectivity index (χ2v) is 8.65. The lowest BCUT2D eigenvalue weighted by Gasteiger charge is -2.36. The lowest BCUT2D eigenvalue weighted by atomic mass is 10.1. The van der Waals surface area contributed by atoms with Gasteiger partial charge in [-0.25, -0.2) is 8.42 Å². The molecule has 0 aromatic heterocycles. The fourth-order valence-corrected chi connectivity index (χ4v) is 4.60. The van der Waals surface area contributed by atoms with Gasteiger partial charge in [0.1, 0.15) is 6.04 Å². The molecule has 2 aromatic carbocycles. The quantitative estimate of drug-likeness (QED) is 0.767. The van der Waals surface area contributed by atoms with Crippen molar-refractivity contribution in [3.63, 3.8) is 0 Å². The lowest BCUT2D eigenvalue weighted by Crippen LogP contribution is -2.55. The van der Waals surface area contributed by atoms with Crippen LogP contribution in [0, 0.1) is 0 Å². The number of sulfonamides is 1. The van der Waals surface area contributed by atoms with Crippen molar-refractivity contribution in [1.29, 1.82) is 0 Å². The molecule has 1 atom stereocenters. The first kappa shape index (κ1) is 20.5. The van der Waals surface area contributed by atoms with Gasteiger partial charge in [-0.15, -0.1) is 0 Å². The van der Waals surface area contributed by atoms with E-state index in [0.29, 0.717) is 19.5 Å². The molecule has 1 heterocycles. The Balaban J connectivity index is 1.80. The van der Waals surface area contributed by atoms with Crippen molar-refractivity contribution in [3.05, 3.63) is 66.2 Å². The zero-order chi connectivity index (χ0) is 20.0. The Kier molecular flexibility index (Phi) is 6.83. The predicted octanol–water partition coefficient (Wildman–Crippen LogP) is 1.74. The molecule has 28 heavy (non-hydrogen) atoms. The molecule has 1 amide bonds. The number of hydrogen-bond donors (Lipinski definition) is 1. The van der Waals surface area contributed by atoms with Crippen LogP contribution < -0.4 is 4.72 Å². The summed E-state index contributed by atoms with van der Waals surface area (Å²) in [5.74, 6) is -0.167. The zero-order valence-corrected chi connectivity index (χ0v) is 16.9. The number of piperazine rings is 1. The zero-order valence-electron chi connectivity index (χ0n) is 16.1. The second-order valence-electron chi connectivity index (χ2n) is 6.94. The van der Waals surface area contributed by atoms with Gasteiger partial charge in [-0.05, 0) is 30.7 Å². The third-order valence-corrected chi connectivity index (χ3v) is 6.55. The number of nitrogens with one attached hydrogen (secondary N) is 1. The fraction of sp³-hybridized carbons (Fsp3) is 0.381. The van der Waals surface area contributed by atoms with E-state index >= 15 is 0 Å². The average Bonchev–Trinajstić information content (AvgIpc) is 2.74. The maximum atomic E-state index is 13.2. The molecule has 1 saturated heterocycles. The molecule has 6 nitrogen and oxygen atoms in total. The van der Waals surface area contributed by atoms with Crippen LogP contribution in [0.15, 0.2) is 65.6 Å². The number of rotatable bonds is 7. The highest BCUT2D eigenvalue weighted by molar-refractivity contribution is 7.89. The Morgan fingerprint density at radius 3 is 2.11 bits per heavy atom. The second kappa shape index (κ2) is 9.32. The van der Waals surface area contributed by atoms with E-state index in [2.05, 4.69) is 16.5 Å². The van der Waals surface area contributed by atoms with Crippen LogP contribution in [-0.4, -0.2) is 62.9 Å². The van der Waals surface area contributed by atoms with Gasteiger partial charge in [0, 0.05) is 26.2 Å². The molecule has 1 aliphatic rings. The van der Waals surface area contributed by atoms with Crippen molar-refractivity contribution in [2.24, 2.45) is 0 Å². The van der Waals surface area contributed by atoms with E-state index in [9.17, 15) is 13.2 Å². The topological polar surface area (TPSA) is 69.7 Å². The first-order valence-electron chi connectivity index (χ1n) is 9.62. The fourth-order valence-electron chi connectivity index (χ4n) is 3.39. The minimum absolute atomic E-state index is 0.164. The predicted molar refractivity (Wildman–Crippen MR) is 109 cm³/mol. The van der Waals surface area contributed by atoms with Gasteiger partial charge >= 0.3 is 0 Å². The van der Waals surface area contributed by atoms with E-state index in [1.807, 2.05) is 30.3 Å². The lowest BCUT2D eigenvalue weighted by molar-refractivity contribution is -0.134. The van der Waals surface area contributed by atoms with Gasteiger partial charge in [0.05, 0.1) is 4.90 Å². The van der Waals surface area contributed by atoms with Gasteiger partial charge in [0.15, 0.2) is 0 Å². The summed E-state index contributed by atoms with van der Waals surface area (Å²) in [5.41, 5.74) is 0.920. The Bertz CT molecular complexity index is 864. The molecule has 2 aromatic rings. The number of hydrogen-bond acceptors (Lipinski definition) is 4. The van der Waals surface area contributed by atoms with Crippen molar-refractivity contribution >= 4 is 15.9 Å². The first-order valence-corrected chi connectivity index (χ1v) is 11.1. The molecular weight excluding hydrogens is 374 g/mol. The van der Waals surface area contributed by atoms with E-state index in [1.165, 1.54) is 12.1 Å².